The molecule has 5 rings (SSSR count). The van der Waals surface area contributed by atoms with E-state index in [9.17, 15) is 18.3 Å². The molecular formula is C35H46N4O6S. The lowest BCUT2D eigenvalue weighted by Gasteiger charge is -2.41. The molecule has 1 aliphatic heterocycles. The van der Waals surface area contributed by atoms with Gasteiger partial charge in [0.1, 0.15) is 6.61 Å². The lowest BCUT2D eigenvalue weighted by molar-refractivity contribution is -0.0668. The number of anilines is 1. The van der Waals surface area contributed by atoms with Gasteiger partial charge in [0.05, 0.1) is 28.8 Å². The number of methoxy groups -OCH3 is 1. The predicted molar refractivity (Wildman–Crippen MR) is 177 cm³/mol. The molecule has 2 heterocycles. The standard InChI is InChI=1S/C35H46N4O6S/c1-23-9-7-10-24(2)31(23)29-18-30-37-33(36-29)38-46(42,43)28-12-8-11-26(17-28)32(40)39(27(21-45-30)19-34(3,4)5)20-25-13-15-35(41,16-14-25)22-44-6/h7-12,17-18,25,27,41H,13-16,19-22H2,1-6H3,(H,36,37,38)/t25?,27-,35?/m1/s1. The van der Waals surface area contributed by atoms with Crippen LogP contribution in [0.3, 0.4) is 0 Å². The van der Waals surface area contributed by atoms with Gasteiger partial charge < -0.3 is 19.5 Å². The van der Waals surface area contributed by atoms with E-state index in [1.165, 1.54) is 12.1 Å². The van der Waals surface area contributed by atoms with Crippen molar-refractivity contribution < 1.29 is 27.8 Å². The Kier molecular flexibility index (Phi) is 9.77. The smallest absolute Gasteiger partial charge is 0.264 e. The minimum atomic E-state index is -4.15. The summed E-state index contributed by atoms with van der Waals surface area (Å²) in [4.78, 5) is 25.3. The largest absolute Gasteiger partial charge is 0.475 e. The number of nitrogens with zero attached hydrogens (tertiary/aromatic N) is 3. The molecule has 1 aromatic heterocycles. The van der Waals surface area contributed by atoms with Crippen molar-refractivity contribution in [3.05, 3.63) is 65.2 Å². The van der Waals surface area contributed by atoms with Crippen LogP contribution in [0.2, 0.25) is 0 Å². The number of carbonyl (C=O) groups excluding carboxylic acids is 1. The summed E-state index contributed by atoms with van der Waals surface area (Å²) in [6.45, 7) is 11.2. The van der Waals surface area contributed by atoms with Crippen molar-refractivity contribution in [1.82, 2.24) is 14.9 Å². The quantitative estimate of drug-likeness (QED) is 0.344. The molecule has 11 heteroatoms. The van der Waals surface area contributed by atoms with Crippen LogP contribution in [0.15, 0.2) is 53.4 Å². The second-order valence-corrected chi connectivity index (χ2v) is 15.8. The summed E-state index contributed by atoms with van der Waals surface area (Å²) in [5, 5.41) is 10.9. The third-order valence-electron chi connectivity index (χ3n) is 8.93. The van der Waals surface area contributed by atoms with E-state index in [1.54, 1.807) is 25.3 Å². The number of hydrogen-bond acceptors (Lipinski definition) is 8. The Morgan fingerprint density at radius 1 is 1.07 bits per heavy atom. The SMILES string of the molecule is COCC1(O)CCC(CN2C(=O)c3cccc(c3)S(=O)(=O)Nc3nc(cc(-c4c(C)cccc4C)n3)OC[C@H]2CC(C)(C)C)CC1. The van der Waals surface area contributed by atoms with E-state index in [-0.39, 0.29) is 58.8 Å². The third-order valence-corrected chi connectivity index (χ3v) is 10.3. The minimum Gasteiger partial charge on any atom is -0.475 e. The predicted octanol–water partition coefficient (Wildman–Crippen LogP) is 5.77. The van der Waals surface area contributed by atoms with E-state index in [0.29, 0.717) is 31.5 Å². The first-order valence-electron chi connectivity index (χ1n) is 15.9. The van der Waals surface area contributed by atoms with E-state index in [2.05, 4.69) is 35.5 Å². The van der Waals surface area contributed by atoms with Crippen molar-refractivity contribution >= 4 is 21.9 Å². The first kappa shape index (κ1) is 33.8. The van der Waals surface area contributed by atoms with Gasteiger partial charge in [-0.15, -0.1) is 0 Å². The van der Waals surface area contributed by atoms with Crippen LogP contribution in [0.25, 0.3) is 11.3 Å². The lowest BCUT2D eigenvalue weighted by Crippen LogP contribution is -2.49. The molecule has 1 aliphatic carbocycles. The van der Waals surface area contributed by atoms with Crippen molar-refractivity contribution in [3.8, 4) is 17.1 Å². The van der Waals surface area contributed by atoms with Crippen LogP contribution in [-0.4, -0.2) is 72.8 Å². The molecule has 1 atom stereocenters. The summed E-state index contributed by atoms with van der Waals surface area (Å²) >= 11 is 0. The maximum absolute atomic E-state index is 14.4. The molecule has 0 spiro atoms. The molecule has 248 valence electrons. The van der Waals surface area contributed by atoms with Crippen LogP contribution in [0.5, 0.6) is 5.88 Å². The number of nitrogens with one attached hydrogen (secondary N) is 1. The highest BCUT2D eigenvalue weighted by Crippen LogP contribution is 2.35. The van der Waals surface area contributed by atoms with Crippen LogP contribution in [0, 0.1) is 25.2 Å². The van der Waals surface area contributed by atoms with Crippen molar-refractivity contribution in [2.45, 2.75) is 83.3 Å². The van der Waals surface area contributed by atoms with Crippen molar-refractivity contribution in [1.29, 1.82) is 0 Å². The summed E-state index contributed by atoms with van der Waals surface area (Å²) < 4.78 is 41.4. The second kappa shape index (κ2) is 13.3. The van der Waals surface area contributed by atoms with E-state index in [0.717, 1.165) is 29.5 Å². The van der Waals surface area contributed by atoms with Gasteiger partial charge in [0.25, 0.3) is 15.9 Å². The molecule has 2 aromatic carbocycles. The Hall–Kier alpha value is -3.54. The summed E-state index contributed by atoms with van der Waals surface area (Å²) in [5.74, 6) is -0.0129. The number of aryl methyl sites for hydroxylation is 2. The van der Waals surface area contributed by atoms with Crippen LogP contribution in [0.4, 0.5) is 5.95 Å². The highest BCUT2D eigenvalue weighted by Gasteiger charge is 2.37. The second-order valence-electron chi connectivity index (χ2n) is 14.1. The number of aliphatic hydroxyl groups is 1. The van der Waals surface area contributed by atoms with Crippen LogP contribution in [-0.2, 0) is 14.8 Å². The van der Waals surface area contributed by atoms with E-state index < -0.39 is 15.6 Å². The van der Waals surface area contributed by atoms with Gasteiger partial charge in [0.2, 0.25) is 11.8 Å². The maximum Gasteiger partial charge on any atom is 0.264 e. The van der Waals surface area contributed by atoms with Gasteiger partial charge in [-0.2, -0.15) is 4.98 Å². The average Bonchev–Trinajstić information content (AvgIpc) is 2.98. The first-order chi connectivity index (χ1) is 21.7. The summed E-state index contributed by atoms with van der Waals surface area (Å²) in [5.41, 5.74) is 2.63. The average molecular weight is 651 g/mol. The van der Waals surface area contributed by atoms with Gasteiger partial charge in [-0.1, -0.05) is 45.0 Å². The number of hydrogen-bond donors (Lipinski definition) is 2. The van der Waals surface area contributed by atoms with Gasteiger partial charge >= 0.3 is 0 Å². The molecule has 2 N–H and O–H groups in total. The van der Waals surface area contributed by atoms with Gasteiger partial charge in [-0.3, -0.25) is 4.79 Å². The Balaban J connectivity index is 1.59. The summed E-state index contributed by atoms with van der Waals surface area (Å²) in [6.07, 6.45) is 3.27. The molecular weight excluding hydrogens is 604 g/mol. The van der Waals surface area contributed by atoms with Crippen molar-refractivity contribution in [2.75, 3.05) is 31.6 Å². The highest BCUT2D eigenvalue weighted by atomic mass is 32.2. The number of benzene rings is 2. The number of sulfonamides is 1. The molecule has 0 radical (unpaired) electrons. The fourth-order valence-corrected chi connectivity index (χ4v) is 7.66. The highest BCUT2D eigenvalue weighted by molar-refractivity contribution is 7.92. The molecule has 2 aliphatic rings. The molecule has 0 saturated heterocycles. The van der Waals surface area contributed by atoms with Crippen molar-refractivity contribution in [3.63, 3.8) is 0 Å². The number of rotatable bonds is 6. The minimum absolute atomic E-state index is 0.0595. The maximum atomic E-state index is 14.4. The number of amides is 1. The lowest BCUT2D eigenvalue weighted by atomic mass is 9.78. The first-order valence-corrected chi connectivity index (χ1v) is 17.4. The van der Waals surface area contributed by atoms with E-state index >= 15 is 0 Å². The van der Waals surface area contributed by atoms with Gasteiger partial charge in [-0.25, -0.2) is 18.1 Å². The van der Waals surface area contributed by atoms with E-state index in [4.69, 9.17) is 9.47 Å². The Bertz CT molecular complexity index is 1660. The molecule has 4 bridgehead atoms. The Morgan fingerprint density at radius 3 is 2.39 bits per heavy atom. The molecule has 1 saturated carbocycles. The molecule has 1 amide bonds. The number of fused-ring (bicyclic) bond motifs is 4. The van der Waals surface area contributed by atoms with Gasteiger partial charge in [-0.05, 0) is 86.6 Å². The monoisotopic (exact) mass is 650 g/mol. The molecule has 3 aromatic rings. The summed E-state index contributed by atoms with van der Waals surface area (Å²) in [6, 6.07) is 13.4. The van der Waals surface area contributed by atoms with Gasteiger partial charge in [0, 0.05) is 30.8 Å². The van der Waals surface area contributed by atoms with Crippen LogP contribution < -0.4 is 9.46 Å². The fourth-order valence-electron chi connectivity index (χ4n) is 6.67. The van der Waals surface area contributed by atoms with Crippen LogP contribution in [0.1, 0.15) is 74.4 Å². The molecule has 0 unspecified atom stereocenters. The number of aromatic nitrogens is 2. The normalized spacial score (nSPS) is 23.4. The fraction of sp³-hybridized carbons (Fsp3) is 0.514. The zero-order chi connectivity index (χ0) is 33.3. The topological polar surface area (TPSA) is 131 Å². The Morgan fingerprint density at radius 2 is 1.74 bits per heavy atom. The van der Waals surface area contributed by atoms with Crippen LogP contribution >= 0.6 is 0 Å². The zero-order valence-corrected chi connectivity index (χ0v) is 28.5. The molecule has 46 heavy (non-hydrogen) atoms. The van der Waals surface area contributed by atoms with E-state index in [1.807, 2.05) is 36.9 Å². The zero-order valence-electron chi connectivity index (χ0n) is 27.7. The molecule has 10 nitrogen and oxygen atoms in total. The Labute approximate surface area is 272 Å². The molecule has 1 fully saturated rings. The number of carbonyl (C=O) groups is 1. The third kappa shape index (κ3) is 7.87. The number of ether oxygens (including phenoxy) is 2. The van der Waals surface area contributed by atoms with Gasteiger partial charge in [0.15, 0.2) is 0 Å². The van der Waals surface area contributed by atoms with Crippen molar-refractivity contribution in [2.24, 2.45) is 11.3 Å². The summed E-state index contributed by atoms with van der Waals surface area (Å²) in [7, 11) is -2.56.